The topological polar surface area (TPSA) is 49.8 Å². The average Bonchev–Trinajstić information content (AvgIpc) is 2.91. The molecule has 2 fully saturated rings. The molecule has 4 nitrogen and oxygen atoms in total. The molecule has 0 aliphatic carbocycles. The highest BCUT2D eigenvalue weighted by atomic mass is 19.3. The molecule has 2 unspecified atom stereocenters. The molecule has 142 valence electrons. The van der Waals surface area contributed by atoms with Gasteiger partial charge in [0, 0.05) is 18.5 Å². The first-order chi connectivity index (χ1) is 12.4. The Hall–Kier alpha value is -2.02. The van der Waals surface area contributed by atoms with Gasteiger partial charge in [-0.1, -0.05) is 30.3 Å². The number of halogens is 3. The number of benzene rings is 1. The third kappa shape index (κ3) is 4.20. The first-order valence-corrected chi connectivity index (χ1v) is 8.79. The molecule has 2 aliphatic rings. The van der Waals surface area contributed by atoms with Crippen molar-refractivity contribution in [3.8, 4) is 0 Å². The molecule has 7 heteroatoms. The van der Waals surface area contributed by atoms with Crippen LogP contribution in [0.5, 0.6) is 0 Å². The molecule has 1 N–H and O–H groups in total. The smallest absolute Gasteiger partial charge is 0.410 e. The van der Waals surface area contributed by atoms with Gasteiger partial charge in [0.1, 0.15) is 6.61 Å². The summed E-state index contributed by atoms with van der Waals surface area (Å²) >= 11 is 0. The number of nitrogens with zero attached hydrogens (tertiary/aromatic N) is 1. The Morgan fingerprint density at radius 1 is 1.15 bits per heavy atom. The van der Waals surface area contributed by atoms with E-state index < -0.39 is 30.0 Å². The van der Waals surface area contributed by atoms with Crippen LogP contribution in [0.4, 0.5) is 18.0 Å². The Labute approximate surface area is 150 Å². The number of hydrogen-bond donors (Lipinski definition) is 1. The Balaban J connectivity index is 1.58. The van der Waals surface area contributed by atoms with Gasteiger partial charge in [-0.25, -0.2) is 9.18 Å². The van der Waals surface area contributed by atoms with E-state index in [4.69, 9.17) is 4.74 Å². The largest absolute Gasteiger partial charge is 0.445 e. The summed E-state index contributed by atoms with van der Waals surface area (Å²) in [4.78, 5) is 14.1. The standard InChI is InChI=1S/C19H22F3NO3/c20-16(17(21)22)8-9-19(25)10-14-6-7-15(11-19)23(14)18(24)26-12-13-4-2-1-3-5-13/h1-5,14-15,25H,6-12H2. The van der Waals surface area contributed by atoms with Gasteiger partial charge in [0.15, 0.2) is 5.83 Å². The molecular formula is C19H22F3NO3. The number of piperidine rings is 1. The van der Waals surface area contributed by atoms with Gasteiger partial charge >= 0.3 is 12.2 Å². The van der Waals surface area contributed by atoms with Gasteiger partial charge in [-0.2, -0.15) is 8.78 Å². The summed E-state index contributed by atoms with van der Waals surface area (Å²) in [6.45, 7) is 0.172. The third-order valence-corrected chi connectivity index (χ3v) is 5.28. The van der Waals surface area contributed by atoms with Crippen LogP contribution in [0.15, 0.2) is 42.2 Å². The molecule has 3 rings (SSSR count). The summed E-state index contributed by atoms with van der Waals surface area (Å²) in [5.41, 5.74) is -0.341. The molecule has 0 aromatic heterocycles. The normalized spacial score (nSPS) is 27.3. The molecule has 0 spiro atoms. The van der Waals surface area contributed by atoms with E-state index in [0.29, 0.717) is 0 Å². The Bertz CT molecular complexity index is 662. The lowest BCUT2D eigenvalue weighted by Gasteiger charge is -2.43. The minimum Gasteiger partial charge on any atom is -0.445 e. The summed E-state index contributed by atoms with van der Waals surface area (Å²) in [5.74, 6) is -1.48. The fourth-order valence-electron chi connectivity index (χ4n) is 4.06. The predicted octanol–water partition coefficient (Wildman–Crippen LogP) is 4.54. The predicted molar refractivity (Wildman–Crippen MR) is 89.0 cm³/mol. The van der Waals surface area contributed by atoms with Crippen LogP contribution in [-0.4, -0.2) is 33.8 Å². The van der Waals surface area contributed by atoms with E-state index in [1.54, 1.807) is 4.90 Å². The van der Waals surface area contributed by atoms with Crippen LogP contribution in [0.3, 0.4) is 0 Å². The van der Waals surface area contributed by atoms with Crippen LogP contribution >= 0.6 is 0 Å². The maximum atomic E-state index is 13.1. The number of ether oxygens (including phenoxy) is 1. The summed E-state index contributed by atoms with van der Waals surface area (Å²) in [5, 5.41) is 10.7. The van der Waals surface area contributed by atoms with Crippen LogP contribution in [0, 0.1) is 0 Å². The Kier molecular flexibility index (Phi) is 5.55. The molecule has 2 aliphatic heterocycles. The molecule has 26 heavy (non-hydrogen) atoms. The fraction of sp³-hybridized carbons (Fsp3) is 0.526. The van der Waals surface area contributed by atoms with Crippen molar-refractivity contribution >= 4 is 6.09 Å². The third-order valence-electron chi connectivity index (χ3n) is 5.28. The van der Waals surface area contributed by atoms with E-state index >= 15 is 0 Å². The van der Waals surface area contributed by atoms with E-state index in [-0.39, 0.29) is 38.0 Å². The van der Waals surface area contributed by atoms with E-state index in [1.807, 2.05) is 30.3 Å². The van der Waals surface area contributed by atoms with Gasteiger partial charge in [0.2, 0.25) is 0 Å². The number of aliphatic hydroxyl groups is 1. The van der Waals surface area contributed by atoms with Crippen LogP contribution < -0.4 is 0 Å². The number of allylic oxidation sites excluding steroid dienone is 1. The first kappa shape index (κ1) is 18.8. The zero-order chi connectivity index (χ0) is 18.7. The highest BCUT2D eigenvalue weighted by Gasteiger charge is 2.49. The Morgan fingerprint density at radius 3 is 2.35 bits per heavy atom. The zero-order valence-electron chi connectivity index (χ0n) is 14.3. The maximum absolute atomic E-state index is 13.1. The number of rotatable bonds is 5. The van der Waals surface area contributed by atoms with E-state index in [9.17, 15) is 23.1 Å². The number of amides is 1. The van der Waals surface area contributed by atoms with Crippen molar-refractivity contribution in [1.29, 1.82) is 0 Å². The van der Waals surface area contributed by atoms with Crippen molar-refractivity contribution in [2.24, 2.45) is 0 Å². The van der Waals surface area contributed by atoms with Crippen LogP contribution in [0.2, 0.25) is 0 Å². The summed E-state index contributed by atoms with van der Waals surface area (Å²) in [7, 11) is 0. The summed E-state index contributed by atoms with van der Waals surface area (Å²) in [6, 6.07) is 8.92. The molecule has 2 bridgehead atoms. The summed E-state index contributed by atoms with van der Waals surface area (Å²) < 4.78 is 42.9. The molecule has 1 amide bonds. The SMILES string of the molecule is O=C(OCc1ccccc1)N1C2CCC1CC(O)(CCC(F)=C(F)F)C2. The highest BCUT2D eigenvalue weighted by Crippen LogP contribution is 2.43. The number of hydrogen-bond acceptors (Lipinski definition) is 3. The van der Waals surface area contributed by atoms with E-state index in [1.165, 1.54) is 0 Å². The second-order valence-electron chi connectivity index (χ2n) is 7.13. The van der Waals surface area contributed by atoms with Gasteiger partial charge in [-0.15, -0.1) is 0 Å². The van der Waals surface area contributed by atoms with Gasteiger partial charge in [0.25, 0.3) is 0 Å². The van der Waals surface area contributed by atoms with Crippen molar-refractivity contribution in [2.75, 3.05) is 0 Å². The van der Waals surface area contributed by atoms with Gasteiger partial charge in [0.05, 0.1) is 5.60 Å². The number of carbonyl (C=O) groups excluding carboxylic acids is 1. The lowest BCUT2D eigenvalue weighted by molar-refractivity contribution is -0.0546. The molecule has 0 saturated carbocycles. The van der Waals surface area contributed by atoms with Crippen molar-refractivity contribution in [2.45, 2.75) is 62.8 Å². The lowest BCUT2D eigenvalue weighted by atomic mass is 9.82. The molecule has 2 saturated heterocycles. The molecule has 2 atom stereocenters. The van der Waals surface area contributed by atoms with Crippen molar-refractivity contribution in [3.63, 3.8) is 0 Å². The van der Waals surface area contributed by atoms with Crippen molar-refractivity contribution in [3.05, 3.63) is 47.8 Å². The average molecular weight is 369 g/mol. The minimum absolute atomic E-state index is 0.0733. The van der Waals surface area contributed by atoms with Crippen LogP contribution in [0.1, 0.15) is 44.1 Å². The lowest BCUT2D eigenvalue weighted by Crippen LogP contribution is -2.53. The minimum atomic E-state index is -2.33. The second-order valence-corrected chi connectivity index (χ2v) is 7.13. The van der Waals surface area contributed by atoms with E-state index in [0.717, 1.165) is 18.4 Å². The quantitative estimate of drug-likeness (QED) is 0.829. The van der Waals surface area contributed by atoms with Gasteiger partial charge < -0.3 is 14.7 Å². The highest BCUT2D eigenvalue weighted by molar-refractivity contribution is 5.69. The molecule has 1 aromatic carbocycles. The fourth-order valence-corrected chi connectivity index (χ4v) is 4.06. The maximum Gasteiger partial charge on any atom is 0.410 e. The first-order valence-electron chi connectivity index (χ1n) is 8.79. The van der Waals surface area contributed by atoms with Crippen molar-refractivity contribution < 1.29 is 27.8 Å². The molecular weight excluding hydrogens is 347 g/mol. The van der Waals surface area contributed by atoms with Gasteiger partial charge in [-0.05, 0) is 37.7 Å². The zero-order valence-corrected chi connectivity index (χ0v) is 14.3. The summed E-state index contributed by atoms with van der Waals surface area (Å²) in [6.07, 6.45) is -1.36. The van der Waals surface area contributed by atoms with Gasteiger partial charge in [-0.3, -0.25) is 0 Å². The van der Waals surface area contributed by atoms with Crippen LogP contribution in [-0.2, 0) is 11.3 Å². The monoisotopic (exact) mass is 369 g/mol. The number of fused-ring (bicyclic) bond motifs is 2. The van der Waals surface area contributed by atoms with Crippen LogP contribution in [0.25, 0.3) is 0 Å². The molecule has 0 radical (unpaired) electrons. The Morgan fingerprint density at radius 2 is 1.77 bits per heavy atom. The second kappa shape index (κ2) is 7.70. The molecule has 1 aromatic rings. The number of carbonyl (C=O) groups is 1. The van der Waals surface area contributed by atoms with Crippen molar-refractivity contribution in [1.82, 2.24) is 4.90 Å². The molecule has 2 heterocycles. The van der Waals surface area contributed by atoms with E-state index in [2.05, 4.69) is 0 Å².